The zero-order chi connectivity index (χ0) is 13.7. The SMILES string of the molecule is O=Cc1ccccc1N(Cc1ccccc1)C(=O)[O-]. The van der Waals surface area contributed by atoms with E-state index in [1.807, 2.05) is 30.3 Å². The van der Waals surface area contributed by atoms with Gasteiger partial charge in [0.15, 0.2) is 6.29 Å². The molecular weight excluding hydrogens is 242 g/mol. The fourth-order valence-corrected chi connectivity index (χ4v) is 1.85. The highest BCUT2D eigenvalue weighted by Gasteiger charge is 2.12. The van der Waals surface area contributed by atoms with Crippen molar-refractivity contribution in [2.45, 2.75) is 6.54 Å². The molecule has 0 aliphatic carbocycles. The molecule has 0 N–H and O–H groups in total. The number of hydrogen-bond acceptors (Lipinski definition) is 3. The lowest BCUT2D eigenvalue weighted by molar-refractivity contribution is -0.246. The van der Waals surface area contributed by atoms with Crippen LogP contribution in [0.3, 0.4) is 0 Å². The van der Waals surface area contributed by atoms with E-state index in [1.54, 1.807) is 24.3 Å². The molecule has 0 aliphatic heterocycles. The van der Waals surface area contributed by atoms with E-state index in [1.165, 1.54) is 0 Å². The van der Waals surface area contributed by atoms with Gasteiger partial charge in [0, 0.05) is 12.1 Å². The summed E-state index contributed by atoms with van der Waals surface area (Å²) in [6, 6.07) is 15.7. The van der Waals surface area contributed by atoms with Crippen LogP contribution in [-0.2, 0) is 6.54 Å². The minimum Gasteiger partial charge on any atom is -0.530 e. The molecule has 0 bridgehead atoms. The summed E-state index contributed by atoms with van der Waals surface area (Å²) in [6.45, 7) is 0.147. The first-order valence-electron chi connectivity index (χ1n) is 5.79. The number of amides is 1. The zero-order valence-corrected chi connectivity index (χ0v) is 10.2. The van der Waals surface area contributed by atoms with Gasteiger partial charge in [-0.15, -0.1) is 0 Å². The van der Waals surface area contributed by atoms with Crippen molar-refractivity contribution in [3.05, 3.63) is 65.7 Å². The average Bonchev–Trinajstić information content (AvgIpc) is 2.45. The summed E-state index contributed by atoms with van der Waals surface area (Å²) >= 11 is 0. The van der Waals surface area contributed by atoms with Crippen LogP contribution in [0.15, 0.2) is 54.6 Å². The van der Waals surface area contributed by atoms with E-state index < -0.39 is 6.09 Å². The molecule has 2 rings (SSSR count). The van der Waals surface area contributed by atoms with Gasteiger partial charge in [-0.3, -0.25) is 4.79 Å². The normalized spacial score (nSPS) is 9.89. The van der Waals surface area contributed by atoms with E-state index >= 15 is 0 Å². The topological polar surface area (TPSA) is 60.4 Å². The van der Waals surface area contributed by atoms with E-state index in [2.05, 4.69) is 0 Å². The number of carbonyl (C=O) groups excluding carboxylic acids is 2. The molecule has 0 aliphatic rings. The molecule has 0 radical (unpaired) electrons. The van der Waals surface area contributed by atoms with Crippen molar-refractivity contribution in [1.29, 1.82) is 0 Å². The Bertz CT molecular complexity index is 581. The molecule has 96 valence electrons. The van der Waals surface area contributed by atoms with Crippen LogP contribution in [0.25, 0.3) is 0 Å². The lowest BCUT2D eigenvalue weighted by atomic mass is 10.1. The van der Waals surface area contributed by atoms with Crippen molar-refractivity contribution in [3.63, 3.8) is 0 Å². The summed E-state index contributed by atoms with van der Waals surface area (Å²) < 4.78 is 0. The van der Waals surface area contributed by atoms with Crippen LogP contribution in [0.4, 0.5) is 10.5 Å². The second-order valence-corrected chi connectivity index (χ2v) is 4.01. The first kappa shape index (κ1) is 12.8. The largest absolute Gasteiger partial charge is 0.530 e. The number of rotatable bonds is 4. The maximum atomic E-state index is 11.3. The van der Waals surface area contributed by atoms with Crippen molar-refractivity contribution in [2.75, 3.05) is 4.90 Å². The van der Waals surface area contributed by atoms with E-state index in [0.29, 0.717) is 17.5 Å². The molecule has 0 saturated carbocycles. The summed E-state index contributed by atoms with van der Waals surface area (Å²) in [7, 11) is 0. The Morgan fingerprint density at radius 2 is 1.68 bits per heavy atom. The summed E-state index contributed by atoms with van der Waals surface area (Å²) in [5.41, 5.74) is 1.48. The standard InChI is InChI=1S/C15H13NO3/c17-11-13-8-4-5-9-14(13)16(15(18)19)10-12-6-2-1-3-7-12/h1-9,11H,10H2,(H,18,19)/p-1. The van der Waals surface area contributed by atoms with E-state index in [4.69, 9.17) is 0 Å². The molecule has 2 aromatic rings. The van der Waals surface area contributed by atoms with Gasteiger partial charge in [0.25, 0.3) is 0 Å². The van der Waals surface area contributed by atoms with Gasteiger partial charge in [-0.1, -0.05) is 42.5 Å². The first-order valence-corrected chi connectivity index (χ1v) is 5.79. The molecule has 0 saturated heterocycles. The molecule has 0 atom stereocenters. The van der Waals surface area contributed by atoms with Crippen LogP contribution < -0.4 is 10.0 Å². The monoisotopic (exact) mass is 254 g/mol. The maximum Gasteiger partial charge on any atom is 0.152 e. The Morgan fingerprint density at radius 3 is 2.32 bits per heavy atom. The number of nitrogens with zero attached hydrogens (tertiary/aromatic N) is 1. The van der Waals surface area contributed by atoms with Gasteiger partial charge in [0.05, 0.1) is 5.69 Å². The molecule has 4 nitrogen and oxygen atoms in total. The summed E-state index contributed by atoms with van der Waals surface area (Å²) in [6.07, 6.45) is -0.700. The third kappa shape index (κ3) is 2.98. The number of carbonyl (C=O) groups is 2. The number of carboxylic acid groups (broad SMARTS) is 1. The number of hydrogen-bond donors (Lipinski definition) is 0. The number of para-hydroxylation sites is 1. The molecular formula is C15H12NO3-. The van der Waals surface area contributed by atoms with Gasteiger partial charge < -0.3 is 14.8 Å². The van der Waals surface area contributed by atoms with Crippen LogP contribution >= 0.6 is 0 Å². The van der Waals surface area contributed by atoms with Gasteiger partial charge in [-0.2, -0.15) is 0 Å². The van der Waals surface area contributed by atoms with Gasteiger partial charge in [0.2, 0.25) is 0 Å². The average molecular weight is 254 g/mol. The summed E-state index contributed by atoms with van der Waals surface area (Å²) in [5, 5.41) is 11.3. The van der Waals surface area contributed by atoms with Crippen LogP contribution in [-0.4, -0.2) is 12.4 Å². The molecule has 0 aromatic heterocycles. The van der Waals surface area contributed by atoms with Crippen molar-refractivity contribution in [3.8, 4) is 0 Å². The van der Waals surface area contributed by atoms with E-state index in [-0.39, 0.29) is 6.54 Å². The smallest absolute Gasteiger partial charge is 0.152 e. The first-order chi connectivity index (χ1) is 9.22. The number of anilines is 1. The predicted octanol–water partition coefficient (Wildman–Crippen LogP) is 1.85. The molecule has 1 amide bonds. The fourth-order valence-electron chi connectivity index (χ4n) is 1.85. The Balaban J connectivity index is 2.35. The molecule has 4 heteroatoms. The second kappa shape index (κ2) is 5.82. The third-order valence-corrected chi connectivity index (χ3v) is 2.76. The molecule has 0 heterocycles. The lowest BCUT2D eigenvalue weighted by Crippen LogP contribution is -2.41. The lowest BCUT2D eigenvalue weighted by Gasteiger charge is -2.26. The zero-order valence-electron chi connectivity index (χ0n) is 10.2. The Kier molecular flexibility index (Phi) is 3.93. The van der Waals surface area contributed by atoms with Crippen molar-refractivity contribution >= 4 is 18.1 Å². The van der Waals surface area contributed by atoms with Gasteiger partial charge in [-0.05, 0) is 17.7 Å². The minimum atomic E-state index is -1.34. The van der Waals surface area contributed by atoms with Gasteiger partial charge >= 0.3 is 0 Å². The van der Waals surface area contributed by atoms with Crippen LogP contribution in [0.5, 0.6) is 0 Å². The highest BCUT2D eigenvalue weighted by atomic mass is 16.4. The van der Waals surface area contributed by atoms with Crippen LogP contribution in [0, 0.1) is 0 Å². The van der Waals surface area contributed by atoms with E-state index in [9.17, 15) is 14.7 Å². The van der Waals surface area contributed by atoms with Gasteiger partial charge in [-0.25, -0.2) is 0 Å². The molecule has 0 unspecified atom stereocenters. The highest BCUT2D eigenvalue weighted by Crippen LogP contribution is 2.20. The Hall–Kier alpha value is -2.62. The third-order valence-electron chi connectivity index (χ3n) is 2.76. The van der Waals surface area contributed by atoms with Crippen LogP contribution in [0.2, 0.25) is 0 Å². The highest BCUT2D eigenvalue weighted by molar-refractivity contribution is 5.93. The van der Waals surface area contributed by atoms with Gasteiger partial charge in [0.1, 0.15) is 6.09 Å². The number of aldehydes is 1. The van der Waals surface area contributed by atoms with Crippen molar-refractivity contribution < 1.29 is 14.7 Å². The molecule has 19 heavy (non-hydrogen) atoms. The van der Waals surface area contributed by atoms with Crippen molar-refractivity contribution in [2.24, 2.45) is 0 Å². The molecule has 2 aromatic carbocycles. The molecule has 0 fully saturated rings. The molecule has 0 spiro atoms. The summed E-state index contributed by atoms with van der Waals surface area (Å²) in [5.74, 6) is 0. The quantitative estimate of drug-likeness (QED) is 0.782. The maximum absolute atomic E-state index is 11.3. The van der Waals surface area contributed by atoms with E-state index in [0.717, 1.165) is 10.5 Å². The fraction of sp³-hybridized carbons (Fsp3) is 0.0667. The number of benzene rings is 2. The van der Waals surface area contributed by atoms with Crippen molar-refractivity contribution in [1.82, 2.24) is 0 Å². The predicted molar refractivity (Wildman–Crippen MR) is 69.9 cm³/mol. The second-order valence-electron chi connectivity index (χ2n) is 4.01. The summed E-state index contributed by atoms with van der Waals surface area (Å²) in [4.78, 5) is 23.3. The Morgan fingerprint density at radius 1 is 1.05 bits per heavy atom. The Labute approximate surface area is 110 Å². The minimum absolute atomic E-state index is 0.147. The van der Waals surface area contributed by atoms with Crippen LogP contribution in [0.1, 0.15) is 15.9 Å².